The van der Waals surface area contributed by atoms with Crippen LogP contribution >= 0.6 is 0 Å². The highest BCUT2D eigenvalue weighted by Crippen LogP contribution is 2.10. The Morgan fingerprint density at radius 2 is 2.10 bits per heavy atom. The van der Waals surface area contributed by atoms with Gasteiger partial charge in [-0.3, -0.25) is 4.79 Å². The third-order valence-corrected chi connectivity index (χ3v) is 4.57. The molecular weight excluding hydrogens is 290 g/mol. The molecule has 4 N–H and O–H groups in total. The number of nitrogens with two attached hydrogens (primary N) is 1. The fourth-order valence-corrected chi connectivity index (χ4v) is 2.77. The van der Waals surface area contributed by atoms with Crippen molar-refractivity contribution < 1.29 is 13.2 Å². The number of amides is 1. The van der Waals surface area contributed by atoms with Crippen LogP contribution in [-0.2, 0) is 21.4 Å². The number of benzene rings is 1. The Morgan fingerprint density at radius 3 is 2.71 bits per heavy atom. The average molecular weight is 313 g/mol. The van der Waals surface area contributed by atoms with Gasteiger partial charge in [0.05, 0.1) is 4.90 Å². The first-order valence-corrected chi connectivity index (χ1v) is 8.45. The van der Waals surface area contributed by atoms with E-state index in [0.717, 1.165) is 12.0 Å². The fraction of sp³-hybridized carbons (Fsp3) is 0.500. The minimum atomic E-state index is -3.61. The molecule has 1 atom stereocenters. The van der Waals surface area contributed by atoms with Crippen LogP contribution in [0.3, 0.4) is 0 Å². The molecule has 0 aliphatic heterocycles. The number of carbonyl (C=O) groups is 1. The maximum Gasteiger partial charge on any atom is 0.240 e. The van der Waals surface area contributed by atoms with Crippen LogP contribution in [0.1, 0.15) is 32.3 Å². The summed E-state index contributed by atoms with van der Waals surface area (Å²) in [6.45, 7) is 4.22. The summed E-state index contributed by atoms with van der Waals surface area (Å²) in [6.07, 6.45) is 0.948. The molecule has 0 fully saturated rings. The van der Waals surface area contributed by atoms with Gasteiger partial charge in [-0.1, -0.05) is 19.1 Å². The van der Waals surface area contributed by atoms with Crippen molar-refractivity contribution in [1.82, 2.24) is 10.0 Å². The van der Waals surface area contributed by atoms with Crippen molar-refractivity contribution in [2.45, 2.75) is 44.2 Å². The maximum absolute atomic E-state index is 12.1. The van der Waals surface area contributed by atoms with Crippen molar-refractivity contribution in [2.24, 2.45) is 5.73 Å². The third-order valence-electron chi connectivity index (χ3n) is 3.11. The number of rotatable bonds is 8. The molecule has 7 heteroatoms. The van der Waals surface area contributed by atoms with Crippen molar-refractivity contribution in [2.75, 3.05) is 6.54 Å². The lowest BCUT2D eigenvalue weighted by molar-refractivity contribution is -0.121. The lowest BCUT2D eigenvalue weighted by atomic mass is 10.2. The van der Waals surface area contributed by atoms with Crippen LogP contribution in [0.15, 0.2) is 29.2 Å². The summed E-state index contributed by atoms with van der Waals surface area (Å²) in [4.78, 5) is 11.7. The first-order chi connectivity index (χ1) is 9.89. The highest BCUT2D eigenvalue weighted by atomic mass is 32.2. The van der Waals surface area contributed by atoms with Crippen LogP contribution in [0.5, 0.6) is 0 Å². The van der Waals surface area contributed by atoms with Crippen molar-refractivity contribution in [3.8, 4) is 0 Å². The lowest BCUT2D eigenvalue weighted by Crippen LogP contribution is -2.35. The zero-order valence-electron chi connectivity index (χ0n) is 12.4. The Kier molecular flexibility index (Phi) is 6.80. The maximum atomic E-state index is 12.1. The van der Waals surface area contributed by atoms with Crippen molar-refractivity contribution in [3.63, 3.8) is 0 Å². The zero-order chi connectivity index (χ0) is 15.9. The largest absolute Gasteiger partial charge is 0.354 e. The van der Waals surface area contributed by atoms with E-state index in [2.05, 4.69) is 10.0 Å². The van der Waals surface area contributed by atoms with Gasteiger partial charge >= 0.3 is 0 Å². The molecule has 0 saturated heterocycles. The molecule has 0 bridgehead atoms. The van der Waals surface area contributed by atoms with Crippen LogP contribution in [-0.4, -0.2) is 26.9 Å². The lowest BCUT2D eigenvalue weighted by Gasteiger charge is -2.12. The predicted molar refractivity (Wildman–Crippen MR) is 82.0 cm³/mol. The van der Waals surface area contributed by atoms with Gasteiger partial charge in [0.15, 0.2) is 0 Å². The van der Waals surface area contributed by atoms with Gasteiger partial charge in [-0.25, -0.2) is 13.1 Å². The summed E-state index contributed by atoms with van der Waals surface area (Å²) in [5, 5.41) is 2.78. The molecule has 1 aromatic carbocycles. The molecule has 21 heavy (non-hydrogen) atoms. The molecule has 0 aromatic heterocycles. The van der Waals surface area contributed by atoms with Crippen LogP contribution in [0, 0.1) is 0 Å². The van der Waals surface area contributed by atoms with E-state index in [0.29, 0.717) is 0 Å². The summed E-state index contributed by atoms with van der Waals surface area (Å²) in [7, 11) is -3.61. The molecule has 118 valence electrons. The molecule has 0 heterocycles. The van der Waals surface area contributed by atoms with E-state index in [1.165, 1.54) is 12.1 Å². The number of sulfonamides is 1. The van der Waals surface area contributed by atoms with E-state index < -0.39 is 10.0 Å². The van der Waals surface area contributed by atoms with E-state index in [4.69, 9.17) is 5.73 Å². The second-order valence-corrected chi connectivity index (χ2v) is 6.64. The van der Waals surface area contributed by atoms with E-state index in [-0.39, 0.29) is 36.4 Å². The molecule has 0 aliphatic rings. The molecule has 1 amide bonds. The number of nitrogens with one attached hydrogen (secondary N) is 2. The van der Waals surface area contributed by atoms with E-state index in [1.807, 2.05) is 13.8 Å². The molecule has 0 saturated carbocycles. The molecule has 6 nitrogen and oxygen atoms in total. The van der Waals surface area contributed by atoms with Crippen LogP contribution < -0.4 is 15.8 Å². The fourth-order valence-electron chi connectivity index (χ4n) is 1.67. The Hall–Kier alpha value is -1.44. The predicted octanol–water partition coefficient (Wildman–Crippen LogP) is 0.728. The Labute approximate surface area is 126 Å². The second kappa shape index (κ2) is 8.11. The minimum absolute atomic E-state index is 0.0669. The van der Waals surface area contributed by atoms with Gasteiger partial charge in [0.1, 0.15) is 0 Å². The molecule has 1 aromatic rings. The highest BCUT2D eigenvalue weighted by Gasteiger charge is 2.14. The van der Waals surface area contributed by atoms with Crippen LogP contribution in [0.4, 0.5) is 0 Å². The average Bonchev–Trinajstić information content (AvgIpc) is 2.46. The van der Waals surface area contributed by atoms with Crippen molar-refractivity contribution in [1.29, 1.82) is 0 Å². The topological polar surface area (TPSA) is 101 Å². The second-order valence-electron chi connectivity index (χ2n) is 4.88. The Bertz CT molecular complexity index is 573. The molecule has 1 rings (SSSR count). The highest BCUT2D eigenvalue weighted by molar-refractivity contribution is 7.89. The van der Waals surface area contributed by atoms with Crippen molar-refractivity contribution in [3.05, 3.63) is 29.8 Å². The first kappa shape index (κ1) is 17.6. The summed E-state index contributed by atoms with van der Waals surface area (Å²) in [5.41, 5.74) is 6.24. The molecule has 0 radical (unpaired) electrons. The minimum Gasteiger partial charge on any atom is -0.354 e. The van der Waals surface area contributed by atoms with E-state index >= 15 is 0 Å². The zero-order valence-corrected chi connectivity index (χ0v) is 13.2. The number of hydrogen-bond acceptors (Lipinski definition) is 4. The Morgan fingerprint density at radius 1 is 1.38 bits per heavy atom. The van der Waals surface area contributed by atoms with Gasteiger partial charge in [0.25, 0.3) is 0 Å². The number of hydrogen-bond donors (Lipinski definition) is 3. The van der Waals surface area contributed by atoms with Crippen molar-refractivity contribution >= 4 is 15.9 Å². The van der Waals surface area contributed by atoms with E-state index in [9.17, 15) is 13.2 Å². The number of carbonyl (C=O) groups excluding carboxylic acids is 1. The molecule has 0 aliphatic carbocycles. The monoisotopic (exact) mass is 313 g/mol. The van der Waals surface area contributed by atoms with Gasteiger partial charge in [0.2, 0.25) is 15.9 Å². The van der Waals surface area contributed by atoms with Gasteiger partial charge < -0.3 is 11.1 Å². The standard InChI is InChI=1S/C14H23N3O3S/c1-3-11(2)17-14(18)7-8-16-21(19,20)13-6-4-5-12(9-13)10-15/h4-6,9,11,16H,3,7-8,10,15H2,1-2H3,(H,17,18). The SMILES string of the molecule is CCC(C)NC(=O)CCNS(=O)(=O)c1cccc(CN)c1. The van der Waals surface area contributed by atoms with Gasteiger partial charge in [-0.2, -0.15) is 0 Å². The Balaban J connectivity index is 2.55. The summed E-state index contributed by atoms with van der Waals surface area (Å²) >= 11 is 0. The van der Waals surface area contributed by atoms with Gasteiger partial charge in [-0.15, -0.1) is 0 Å². The van der Waals surface area contributed by atoms with Crippen LogP contribution in [0.25, 0.3) is 0 Å². The summed E-state index contributed by atoms with van der Waals surface area (Å²) in [5.74, 6) is -0.164. The smallest absolute Gasteiger partial charge is 0.240 e. The summed E-state index contributed by atoms with van der Waals surface area (Å²) in [6, 6.07) is 6.53. The third kappa shape index (κ3) is 5.82. The summed E-state index contributed by atoms with van der Waals surface area (Å²) < 4.78 is 26.6. The van der Waals surface area contributed by atoms with Crippen LogP contribution in [0.2, 0.25) is 0 Å². The van der Waals surface area contributed by atoms with Gasteiger partial charge in [-0.05, 0) is 31.0 Å². The quantitative estimate of drug-likeness (QED) is 0.658. The molecular formula is C14H23N3O3S. The molecule has 0 spiro atoms. The molecule has 1 unspecified atom stereocenters. The van der Waals surface area contributed by atoms with Gasteiger partial charge in [0, 0.05) is 25.6 Å². The van der Waals surface area contributed by atoms with E-state index in [1.54, 1.807) is 12.1 Å². The first-order valence-electron chi connectivity index (χ1n) is 6.97. The normalized spacial score (nSPS) is 12.9.